The first kappa shape index (κ1) is 27.3. The van der Waals surface area contributed by atoms with Gasteiger partial charge in [-0.25, -0.2) is 0 Å². The fourth-order valence-electron chi connectivity index (χ4n) is 4.73. The number of carbonyl (C=O) groups is 2. The Bertz CT molecular complexity index is 1590. The molecule has 1 aliphatic carbocycles. The van der Waals surface area contributed by atoms with Gasteiger partial charge in [-0.2, -0.15) is 5.26 Å². The maximum absolute atomic E-state index is 13.6. The molecule has 200 valence electrons. The van der Waals surface area contributed by atoms with Crippen LogP contribution in [0.3, 0.4) is 0 Å². The van der Waals surface area contributed by atoms with Crippen LogP contribution in [-0.2, 0) is 9.59 Å². The SMILES string of the molecule is Cc1nnc(NC(=O)CSc2nnc(N3C(N)=C(C#N)C(c4ccccc4Cl)C4=C3CC(C)(C)CC4=O)s2)s1. The highest BCUT2D eigenvalue weighted by Crippen LogP contribution is 2.51. The number of hydrogen-bond donors (Lipinski definition) is 2. The molecule has 2 aliphatic rings. The Morgan fingerprint density at radius 3 is 2.72 bits per heavy atom. The molecule has 0 radical (unpaired) electrons. The number of aryl methyl sites for hydroxylation is 1. The number of nitriles is 1. The van der Waals surface area contributed by atoms with Gasteiger partial charge in [0.25, 0.3) is 0 Å². The largest absolute Gasteiger partial charge is 0.384 e. The lowest BCUT2D eigenvalue weighted by Crippen LogP contribution is -2.42. The van der Waals surface area contributed by atoms with Crippen molar-refractivity contribution in [2.45, 2.75) is 43.9 Å². The Morgan fingerprint density at radius 2 is 2.03 bits per heavy atom. The van der Waals surface area contributed by atoms with Crippen LogP contribution in [0.4, 0.5) is 10.3 Å². The standard InChI is InChI=1S/C25H23ClN8O2S3/c1-12-30-31-22(38-12)29-18(36)11-37-24-33-32-23(39-24)34-16-8-25(2,3)9-17(35)20(16)19(14(10-27)21(34)28)13-6-4-5-7-15(13)26/h4-7,19H,8-9,11,28H2,1-3H3,(H,29,31,36). The van der Waals surface area contributed by atoms with Gasteiger partial charge in [0.1, 0.15) is 10.8 Å². The van der Waals surface area contributed by atoms with E-state index in [0.29, 0.717) is 49.3 Å². The number of rotatable bonds is 6. The van der Waals surface area contributed by atoms with Crippen LogP contribution in [0.2, 0.25) is 5.02 Å². The lowest BCUT2D eigenvalue weighted by Gasteiger charge is -2.42. The predicted molar refractivity (Wildman–Crippen MR) is 152 cm³/mol. The summed E-state index contributed by atoms with van der Waals surface area (Å²) >= 11 is 10.3. The Morgan fingerprint density at radius 1 is 1.26 bits per heavy atom. The molecule has 2 aromatic heterocycles. The Labute approximate surface area is 242 Å². The van der Waals surface area contributed by atoms with Crippen molar-refractivity contribution < 1.29 is 9.59 Å². The third kappa shape index (κ3) is 5.42. The maximum Gasteiger partial charge on any atom is 0.236 e. The molecule has 3 heterocycles. The first-order chi connectivity index (χ1) is 18.6. The van der Waals surface area contributed by atoms with E-state index in [-0.39, 0.29) is 34.3 Å². The lowest BCUT2D eigenvalue weighted by atomic mass is 9.68. The molecule has 1 amide bonds. The van der Waals surface area contributed by atoms with Gasteiger partial charge in [0.15, 0.2) is 10.1 Å². The summed E-state index contributed by atoms with van der Waals surface area (Å²) < 4.78 is 0.539. The van der Waals surface area contributed by atoms with E-state index in [1.54, 1.807) is 17.0 Å². The second-order valence-corrected chi connectivity index (χ2v) is 13.6. The van der Waals surface area contributed by atoms with Crippen LogP contribution < -0.4 is 16.0 Å². The van der Waals surface area contributed by atoms with Gasteiger partial charge in [-0.1, -0.05) is 78.1 Å². The molecule has 1 unspecified atom stereocenters. The number of thioether (sulfide) groups is 1. The average molecular weight is 599 g/mol. The quantitative estimate of drug-likeness (QED) is 0.370. The third-order valence-electron chi connectivity index (χ3n) is 6.28. The van der Waals surface area contributed by atoms with Crippen molar-refractivity contribution in [2.75, 3.05) is 16.0 Å². The molecular formula is C25H23ClN8O2S3. The molecule has 39 heavy (non-hydrogen) atoms. The number of Topliss-reactive ketones (excluding diaryl/α,β-unsaturated/α-hetero) is 1. The molecule has 0 fully saturated rings. The normalized spacial score (nSPS) is 18.7. The van der Waals surface area contributed by atoms with E-state index in [0.717, 1.165) is 5.01 Å². The van der Waals surface area contributed by atoms with Crippen molar-refractivity contribution in [3.8, 4) is 6.07 Å². The van der Waals surface area contributed by atoms with E-state index >= 15 is 0 Å². The zero-order valence-electron chi connectivity index (χ0n) is 21.2. The number of halogens is 1. The second kappa shape index (κ2) is 10.7. The molecule has 10 nitrogen and oxygen atoms in total. The Kier molecular flexibility index (Phi) is 7.47. The lowest BCUT2D eigenvalue weighted by molar-refractivity contribution is -0.118. The molecule has 5 rings (SSSR count). The number of nitrogens with two attached hydrogens (primary N) is 1. The zero-order chi connectivity index (χ0) is 27.9. The van der Waals surface area contributed by atoms with E-state index < -0.39 is 5.92 Å². The smallest absolute Gasteiger partial charge is 0.236 e. The van der Waals surface area contributed by atoms with Crippen molar-refractivity contribution in [3.63, 3.8) is 0 Å². The molecule has 3 N–H and O–H groups in total. The highest BCUT2D eigenvalue weighted by atomic mass is 35.5. The summed E-state index contributed by atoms with van der Waals surface area (Å²) in [5, 5.41) is 31.3. The van der Waals surface area contributed by atoms with Crippen LogP contribution in [0.25, 0.3) is 0 Å². The minimum atomic E-state index is -0.673. The number of amides is 1. The monoisotopic (exact) mass is 598 g/mol. The van der Waals surface area contributed by atoms with Crippen LogP contribution in [0.1, 0.15) is 43.2 Å². The summed E-state index contributed by atoms with van der Waals surface area (Å²) in [7, 11) is 0. The van der Waals surface area contributed by atoms with Crippen molar-refractivity contribution in [1.29, 1.82) is 5.26 Å². The first-order valence-electron chi connectivity index (χ1n) is 11.8. The molecular weight excluding hydrogens is 576 g/mol. The summed E-state index contributed by atoms with van der Waals surface area (Å²) in [6.45, 7) is 5.86. The van der Waals surface area contributed by atoms with Gasteiger partial charge < -0.3 is 5.73 Å². The van der Waals surface area contributed by atoms with E-state index in [2.05, 4.69) is 31.8 Å². The van der Waals surface area contributed by atoms with Gasteiger partial charge in [0.05, 0.1) is 23.3 Å². The Hall–Kier alpha value is -3.31. The number of ketones is 1. The fraction of sp³-hybridized carbons (Fsp3) is 0.320. The van der Waals surface area contributed by atoms with Crippen molar-refractivity contribution >= 4 is 68.0 Å². The number of anilines is 2. The molecule has 0 saturated heterocycles. The summed E-state index contributed by atoms with van der Waals surface area (Å²) in [6, 6.07) is 9.42. The van der Waals surface area contributed by atoms with Crippen LogP contribution in [-0.4, -0.2) is 37.8 Å². The first-order valence-corrected chi connectivity index (χ1v) is 14.8. The van der Waals surface area contributed by atoms with E-state index in [9.17, 15) is 14.9 Å². The van der Waals surface area contributed by atoms with Crippen LogP contribution in [0, 0.1) is 23.7 Å². The summed E-state index contributed by atoms with van der Waals surface area (Å²) in [5.41, 5.74) is 8.41. The van der Waals surface area contributed by atoms with Gasteiger partial charge in [0.2, 0.25) is 16.2 Å². The zero-order valence-corrected chi connectivity index (χ0v) is 24.4. The molecule has 1 atom stereocenters. The number of benzene rings is 1. The van der Waals surface area contributed by atoms with Gasteiger partial charge in [0, 0.05) is 22.7 Å². The van der Waals surface area contributed by atoms with Gasteiger partial charge in [-0.05, 0) is 30.4 Å². The topological polar surface area (TPSA) is 151 Å². The number of nitrogens with one attached hydrogen (secondary N) is 1. The molecule has 0 bridgehead atoms. The summed E-state index contributed by atoms with van der Waals surface area (Å²) in [4.78, 5) is 27.7. The number of nitrogens with zero attached hydrogens (tertiary/aromatic N) is 6. The van der Waals surface area contributed by atoms with Gasteiger partial charge >= 0.3 is 0 Å². The van der Waals surface area contributed by atoms with Crippen molar-refractivity contribution in [2.24, 2.45) is 11.1 Å². The predicted octanol–water partition coefficient (Wildman–Crippen LogP) is 5.02. The molecule has 14 heteroatoms. The van der Waals surface area contributed by atoms with Crippen molar-refractivity contribution in [1.82, 2.24) is 20.4 Å². The number of aromatic nitrogens is 4. The van der Waals surface area contributed by atoms with Crippen LogP contribution in [0.15, 0.2) is 51.3 Å². The molecule has 0 spiro atoms. The average Bonchev–Trinajstić information content (AvgIpc) is 3.50. The van der Waals surface area contributed by atoms with E-state index in [1.165, 1.54) is 34.4 Å². The molecule has 0 saturated carbocycles. The number of carbonyl (C=O) groups excluding carboxylic acids is 2. The Balaban J connectivity index is 1.49. The minimum Gasteiger partial charge on any atom is -0.384 e. The van der Waals surface area contributed by atoms with Gasteiger partial charge in [-0.15, -0.1) is 20.4 Å². The minimum absolute atomic E-state index is 0.0564. The summed E-state index contributed by atoms with van der Waals surface area (Å²) in [5.74, 6) is -0.698. The highest BCUT2D eigenvalue weighted by Gasteiger charge is 2.45. The molecule has 3 aromatic rings. The van der Waals surface area contributed by atoms with Crippen LogP contribution >= 0.6 is 46.0 Å². The van der Waals surface area contributed by atoms with E-state index in [1.807, 2.05) is 32.9 Å². The second-order valence-electron chi connectivity index (χ2n) is 9.82. The van der Waals surface area contributed by atoms with Crippen molar-refractivity contribution in [3.05, 3.63) is 62.5 Å². The highest BCUT2D eigenvalue weighted by molar-refractivity contribution is 8.01. The van der Waals surface area contributed by atoms with Crippen LogP contribution in [0.5, 0.6) is 0 Å². The van der Waals surface area contributed by atoms with E-state index in [4.69, 9.17) is 17.3 Å². The maximum atomic E-state index is 13.6. The number of hydrogen-bond acceptors (Lipinski definition) is 12. The number of allylic oxidation sites excluding steroid dienone is 3. The fourth-order valence-corrected chi connectivity index (χ4v) is 7.26. The molecule has 1 aliphatic heterocycles. The third-order valence-corrected chi connectivity index (χ3v) is 9.42. The summed E-state index contributed by atoms with van der Waals surface area (Å²) in [6.07, 6.45) is 0.875. The molecule has 1 aromatic carbocycles. The van der Waals surface area contributed by atoms with Gasteiger partial charge in [-0.3, -0.25) is 19.8 Å².